The number of carbonyl (C=O) groups excluding carboxylic acids is 2. The molecule has 0 radical (unpaired) electrons. The molecule has 0 bridgehead atoms. The third-order valence-electron chi connectivity index (χ3n) is 5.12. The van der Waals surface area contributed by atoms with Gasteiger partial charge in [-0.3, -0.25) is 9.59 Å². The second-order valence-corrected chi connectivity index (χ2v) is 8.19. The van der Waals surface area contributed by atoms with Gasteiger partial charge in [0, 0.05) is 12.6 Å². The van der Waals surface area contributed by atoms with Crippen LogP contribution in [0.1, 0.15) is 36.2 Å². The Morgan fingerprint density at radius 2 is 1.77 bits per heavy atom. The van der Waals surface area contributed by atoms with Gasteiger partial charge < -0.3 is 19.7 Å². The first-order valence-electron chi connectivity index (χ1n) is 10.3. The topological polar surface area (TPSA) is 67.9 Å². The lowest BCUT2D eigenvalue weighted by molar-refractivity contribution is -0.133. The molecule has 160 valence electrons. The van der Waals surface area contributed by atoms with Gasteiger partial charge in [-0.15, -0.1) is 0 Å². The summed E-state index contributed by atoms with van der Waals surface area (Å²) in [5.74, 6) is 1.29. The van der Waals surface area contributed by atoms with E-state index in [1.54, 1.807) is 18.0 Å². The van der Waals surface area contributed by atoms with Crippen LogP contribution in [0.3, 0.4) is 0 Å². The summed E-state index contributed by atoms with van der Waals surface area (Å²) in [7, 11) is 1.74. The second-order valence-electron chi connectivity index (χ2n) is 8.19. The Bertz CT molecular complexity index is 896. The number of ether oxygens (including phenoxy) is 2. The van der Waals surface area contributed by atoms with Crippen LogP contribution in [0.2, 0.25) is 0 Å². The summed E-state index contributed by atoms with van der Waals surface area (Å²) in [6.45, 7) is 6.71. The van der Waals surface area contributed by atoms with E-state index in [-0.39, 0.29) is 23.8 Å². The van der Waals surface area contributed by atoms with Crippen LogP contribution in [0.4, 0.5) is 0 Å². The molecule has 0 aliphatic carbocycles. The maximum atomic E-state index is 13.2. The lowest BCUT2D eigenvalue weighted by atomic mass is 10.0. The average Bonchev–Trinajstić information content (AvgIpc) is 2.72. The van der Waals surface area contributed by atoms with Crippen molar-refractivity contribution < 1.29 is 19.1 Å². The first-order valence-corrected chi connectivity index (χ1v) is 10.3. The Morgan fingerprint density at radius 3 is 2.47 bits per heavy atom. The van der Waals surface area contributed by atoms with E-state index < -0.39 is 6.04 Å². The number of fused-ring (bicyclic) bond motifs is 1. The predicted octanol–water partition coefficient (Wildman–Crippen LogP) is 3.44. The highest BCUT2D eigenvalue weighted by atomic mass is 16.6. The van der Waals surface area contributed by atoms with E-state index in [0.29, 0.717) is 36.6 Å². The van der Waals surface area contributed by atoms with Gasteiger partial charge in [-0.1, -0.05) is 44.2 Å². The summed E-state index contributed by atoms with van der Waals surface area (Å²) in [5.41, 5.74) is 1.47. The number of amides is 2. The standard InChI is InChI=1S/C24H30N2O4/c1-16(2)13-20(25-23(27)19-10-6-5-9-17(19)3)24(28)26(4)14-18-15-29-21-11-7-8-12-22(21)30-18/h5-12,16,18,20H,13-15H2,1-4H3,(H,25,27). The Morgan fingerprint density at radius 1 is 1.10 bits per heavy atom. The van der Waals surface area contributed by atoms with Crippen molar-refractivity contribution in [1.29, 1.82) is 0 Å². The third-order valence-corrected chi connectivity index (χ3v) is 5.12. The van der Waals surface area contributed by atoms with E-state index in [1.807, 2.05) is 63.2 Å². The molecule has 1 heterocycles. The van der Waals surface area contributed by atoms with Crippen molar-refractivity contribution >= 4 is 11.8 Å². The molecule has 2 amide bonds. The highest BCUT2D eigenvalue weighted by Crippen LogP contribution is 2.31. The smallest absolute Gasteiger partial charge is 0.252 e. The van der Waals surface area contributed by atoms with Gasteiger partial charge in [0.15, 0.2) is 17.6 Å². The van der Waals surface area contributed by atoms with E-state index in [1.165, 1.54) is 0 Å². The summed E-state index contributed by atoms with van der Waals surface area (Å²) in [6, 6.07) is 14.3. The SMILES string of the molecule is Cc1ccccc1C(=O)NC(CC(C)C)C(=O)N(C)CC1COc2ccccc2O1. The maximum Gasteiger partial charge on any atom is 0.252 e. The molecule has 0 spiro atoms. The van der Waals surface area contributed by atoms with Crippen molar-refractivity contribution in [3.63, 3.8) is 0 Å². The monoisotopic (exact) mass is 410 g/mol. The molecule has 1 aliphatic heterocycles. The number of aryl methyl sites for hydroxylation is 1. The fourth-order valence-corrected chi connectivity index (χ4v) is 3.57. The lowest BCUT2D eigenvalue weighted by Crippen LogP contribution is -2.51. The fraction of sp³-hybridized carbons (Fsp3) is 0.417. The number of hydrogen-bond donors (Lipinski definition) is 1. The van der Waals surface area contributed by atoms with Crippen LogP contribution in [0, 0.1) is 12.8 Å². The van der Waals surface area contributed by atoms with Crippen molar-refractivity contribution in [3.8, 4) is 11.5 Å². The Hall–Kier alpha value is -3.02. The molecule has 30 heavy (non-hydrogen) atoms. The minimum Gasteiger partial charge on any atom is -0.486 e. The number of para-hydroxylation sites is 2. The number of hydrogen-bond acceptors (Lipinski definition) is 4. The number of rotatable bonds is 7. The van der Waals surface area contributed by atoms with Gasteiger partial charge in [-0.2, -0.15) is 0 Å². The molecule has 3 rings (SSSR count). The molecule has 6 heteroatoms. The summed E-state index contributed by atoms with van der Waals surface area (Å²) in [4.78, 5) is 27.6. The normalized spacial score (nSPS) is 16.1. The van der Waals surface area contributed by atoms with E-state index in [0.717, 1.165) is 5.56 Å². The predicted molar refractivity (Wildman–Crippen MR) is 116 cm³/mol. The Balaban J connectivity index is 1.65. The summed E-state index contributed by atoms with van der Waals surface area (Å²) in [5, 5.41) is 2.94. The molecule has 1 aliphatic rings. The molecule has 2 aromatic carbocycles. The second kappa shape index (κ2) is 9.65. The van der Waals surface area contributed by atoms with Crippen molar-refractivity contribution in [1.82, 2.24) is 10.2 Å². The summed E-state index contributed by atoms with van der Waals surface area (Å²) in [6.07, 6.45) is 0.298. The molecular weight excluding hydrogens is 380 g/mol. The quantitative estimate of drug-likeness (QED) is 0.759. The first-order chi connectivity index (χ1) is 14.3. The van der Waals surface area contributed by atoms with Gasteiger partial charge >= 0.3 is 0 Å². The van der Waals surface area contributed by atoms with Crippen LogP contribution < -0.4 is 14.8 Å². The van der Waals surface area contributed by atoms with Crippen LogP contribution in [0.5, 0.6) is 11.5 Å². The van der Waals surface area contributed by atoms with Gasteiger partial charge in [0.1, 0.15) is 12.6 Å². The molecular formula is C24H30N2O4. The number of nitrogens with one attached hydrogen (secondary N) is 1. The molecule has 0 saturated carbocycles. The molecule has 2 aromatic rings. The minimum absolute atomic E-state index is 0.131. The molecule has 2 atom stereocenters. The molecule has 2 unspecified atom stereocenters. The zero-order chi connectivity index (χ0) is 21.7. The van der Waals surface area contributed by atoms with Gasteiger partial charge in [-0.25, -0.2) is 0 Å². The molecule has 0 saturated heterocycles. The number of benzene rings is 2. The van der Waals surface area contributed by atoms with Crippen LogP contribution in [-0.2, 0) is 4.79 Å². The van der Waals surface area contributed by atoms with Crippen molar-refractivity contribution in [2.45, 2.75) is 39.3 Å². The lowest BCUT2D eigenvalue weighted by Gasteiger charge is -2.31. The maximum absolute atomic E-state index is 13.2. The molecule has 0 aromatic heterocycles. The van der Waals surface area contributed by atoms with E-state index >= 15 is 0 Å². The van der Waals surface area contributed by atoms with Gasteiger partial charge in [-0.05, 0) is 43.0 Å². The van der Waals surface area contributed by atoms with Crippen LogP contribution in [-0.4, -0.2) is 49.1 Å². The molecule has 6 nitrogen and oxygen atoms in total. The number of nitrogens with zero attached hydrogens (tertiary/aromatic N) is 1. The van der Waals surface area contributed by atoms with E-state index in [9.17, 15) is 9.59 Å². The fourth-order valence-electron chi connectivity index (χ4n) is 3.57. The van der Waals surface area contributed by atoms with Gasteiger partial charge in [0.05, 0.1) is 6.54 Å². The first kappa shape index (κ1) is 21.7. The number of likely N-dealkylation sites (N-methyl/N-ethyl adjacent to an activating group) is 1. The minimum atomic E-state index is -0.598. The van der Waals surface area contributed by atoms with Gasteiger partial charge in [0.25, 0.3) is 5.91 Å². The Kier molecular flexibility index (Phi) is 6.98. The van der Waals surface area contributed by atoms with E-state index in [2.05, 4.69) is 5.32 Å². The zero-order valence-electron chi connectivity index (χ0n) is 18.1. The van der Waals surface area contributed by atoms with Crippen molar-refractivity contribution in [3.05, 3.63) is 59.7 Å². The summed E-state index contributed by atoms with van der Waals surface area (Å²) >= 11 is 0. The Labute approximate surface area is 178 Å². The molecule has 1 N–H and O–H groups in total. The third kappa shape index (κ3) is 5.32. The zero-order valence-corrected chi connectivity index (χ0v) is 18.1. The number of carbonyl (C=O) groups is 2. The van der Waals surface area contributed by atoms with E-state index in [4.69, 9.17) is 9.47 Å². The van der Waals surface area contributed by atoms with Crippen molar-refractivity contribution in [2.75, 3.05) is 20.2 Å². The highest BCUT2D eigenvalue weighted by molar-refractivity contribution is 5.98. The summed E-state index contributed by atoms with van der Waals surface area (Å²) < 4.78 is 11.7. The highest BCUT2D eigenvalue weighted by Gasteiger charge is 2.29. The van der Waals surface area contributed by atoms with Gasteiger partial charge in [0.2, 0.25) is 5.91 Å². The van der Waals surface area contributed by atoms with Crippen LogP contribution >= 0.6 is 0 Å². The van der Waals surface area contributed by atoms with Crippen LogP contribution in [0.15, 0.2) is 48.5 Å². The molecule has 0 fully saturated rings. The largest absolute Gasteiger partial charge is 0.486 e. The van der Waals surface area contributed by atoms with Crippen molar-refractivity contribution in [2.24, 2.45) is 5.92 Å². The average molecular weight is 411 g/mol. The van der Waals surface area contributed by atoms with Crippen LogP contribution in [0.25, 0.3) is 0 Å².